The summed E-state index contributed by atoms with van der Waals surface area (Å²) in [6, 6.07) is 1.17. The van der Waals surface area contributed by atoms with E-state index in [4.69, 9.17) is 0 Å². The van der Waals surface area contributed by atoms with Crippen LogP contribution in [0.25, 0.3) is 0 Å². The second-order valence-electron chi connectivity index (χ2n) is 4.05. The molecule has 0 amide bonds. The molecular weight excluding hydrogens is 160 g/mol. The normalized spacial score (nSPS) is 41.2. The molecule has 3 rings (SSSR count). The van der Waals surface area contributed by atoms with Crippen LogP contribution in [0.5, 0.6) is 0 Å². The van der Waals surface area contributed by atoms with Gasteiger partial charge in [-0.2, -0.15) is 0 Å². The summed E-state index contributed by atoms with van der Waals surface area (Å²) < 4.78 is 0. The molecule has 2 nitrogen and oxygen atoms in total. The highest BCUT2D eigenvalue weighted by atomic mass is 15.0. The lowest BCUT2D eigenvalue weighted by Gasteiger charge is -2.20. The minimum absolute atomic E-state index is 0.579. The molecule has 68 valence electrons. The molecule has 1 aliphatic carbocycles. The van der Waals surface area contributed by atoms with E-state index < -0.39 is 0 Å². The van der Waals surface area contributed by atoms with Gasteiger partial charge >= 0.3 is 0 Å². The third-order valence-corrected chi connectivity index (χ3v) is 3.32. The van der Waals surface area contributed by atoms with Gasteiger partial charge in [-0.25, -0.2) is 0 Å². The molecule has 0 radical (unpaired) electrons. The van der Waals surface area contributed by atoms with Crippen LogP contribution in [-0.2, 0) is 0 Å². The number of allylic oxidation sites excluding steroid dienone is 1. The number of nitrogens with one attached hydrogen (secondary N) is 1. The van der Waals surface area contributed by atoms with E-state index in [1.807, 2.05) is 6.21 Å². The fraction of sp³-hybridized carbons (Fsp3) is 0.545. The van der Waals surface area contributed by atoms with Crippen LogP contribution in [0.3, 0.4) is 0 Å². The molecule has 2 aliphatic heterocycles. The highest BCUT2D eigenvalue weighted by Gasteiger charge is 2.37. The number of rotatable bonds is 0. The van der Waals surface area contributed by atoms with Crippen LogP contribution in [0.2, 0.25) is 0 Å². The zero-order chi connectivity index (χ0) is 8.67. The van der Waals surface area contributed by atoms with Gasteiger partial charge in [0.25, 0.3) is 0 Å². The summed E-state index contributed by atoms with van der Waals surface area (Å²) in [5, 5.41) is 3.65. The maximum absolute atomic E-state index is 4.26. The quantitative estimate of drug-likeness (QED) is 0.555. The number of hydrogen-bond donors (Lipinski definition) is 1. The van der Waals surface area contributed by atoms with Gasteiger partial charge in [-0.1, -0.05) is 12.2 Å². The van der Waals surface area contributed by atoms with Crippen molar-refractivity contribution in [2.45, 2.75) is 31.3 Å². The lowest BCUT2D eigenvalue weighted by molar-refractivity contribution is 0.497. The Hall–Kier alpha value is -0.890. The van der Waals surface area contributed by atoms with Crippen LogP contribution in [-0.4, -0.2) is 18.3 Å². The van der Waals surface area contributed by atoms with E-state index in [0.29, 0.717) is 12.1 Å². The highest BCUT2D eigenvalue weighted by Crippen LogP contribution is 2.36. The van der Waals surface area contributed by atoms with Crippen molar-refractivity contribution < 1.29 is 0 Å². The number of fused-ring (bicyclic) bond motifs is 3. The Morgan fingerprint density at radius 3 is 3.46 bits per heavy atom. The molecule has 2 heterocycles. The van der Waals surface area contributed by atoms with Crippen molar-refractivity contribution in [3.8, 4) is 0 Å². The second-order valence-corrected chi connectivity index (χ2v) is 4.05. The van der Waals surface area contributed by atoms with Crippen LogP contribution >= 0.6 is 0 Å². The van der Waals surface area contributed by atoms with Crippen molar-refractivity contribution in [2.75, 3.05) is 0 Å². The molecule has 3 atom stereocenters. The summed E-state index contributed by atoms with van der Waals surface area (Å²) in [6.45, 7) is 0. The Morgan fingerprint density at radius 1 is 1.46 bits per heavy atom. The van der Waals surface area contributed by atoms with Gasteiger partial charge in [0.2, 0.25) is 0 Å². The maximum Gasteiger partial charge on any atom is 0.0356 e. The second kappa shape index (κ2) is 2.81. The van der Waals surface area contributed by atoms with Crippen molar-refractivity contribution >= 4 is 6.21 Å². The van der Waals surface area contributed by atoms with Gasteiger partial charge in [-0.3, -0.25) is 4.99 Å². The molecule has 1 N–H and O–H groups in total. The van der Waals surface area contributed by atoms with E-state index in [1.54, 1.807) is 0 Å². The van der Waals surface area contributed by atoms with Crippen molar-refractivity contribution in [1.82, 2.24) is 5.32 Å². The van der Waals surface area contributed by atoms with E-state index in [9.17, 15) is 0 Å². The van der Waals surface area contributed by atoms with Crippen LogP contribution in [0.1, 0.15) is 19.3 Å². The highest BCUT2D eigenvalue weighted by molar-refractivity contribution is 5.63. The average Bonchev–Trinajstić information content (AvgIpc) is 2.56. The molecule has 0 aromatic rings. The van der Waals surface area contributed by atoms with E-state index in [0.717, 1.165) is 12.3 Å². The van der Waals surface area contributed by atoms with Crippen molar-refractivity contribution in [2.24, 2.45) is 10.9 Å². The zero-order valence-electron chi connectivity index (χ0n) is 7.61. The fourth-order valence-electron chi connectivity index (χ4n) is 2.66. The Morgan fingerprint density at radius 2 is 2.46 bits per heavy atom. The van der Waals surface area contributed by atoms with Crippen LogP contribution in [0, 0.1) is 5.92 Å². The number of nitrogens with zero attached hydrogens (tertiary/aromatic N) is 1. The first-order chi connectivity index (χ1) is 6.45. The van der Waals surface area contributed by atoms with Gasteiger partial charge in [-0.15, -0.1) is 0 Å². The SMILES string of the molecule is C1=CC2NC3CC=NC=C3C2CC1. The lowest BCUT2D eigenvalue weighted by Crippen LogP contribution is -2.31. The predicted molar refractivity (Wildman–Crippen MR) is 53.8 cm³/mol. The fourth-order valence-corrected chi connectivity index (χ4v) is 2.66. The molecular formula is C11H14N2. The van der Waals surface area contributed by atoms with Crippen LogP contribution in [0.4, 0.5) is 0 Å². The molecule has 0 aromatic heterocycles. The van der Waals surface area contributed by atoms with Gasteiger partial charge in [0.15, 0.2) is 0 Å². The van der Waals surface area contributed by atoms with Gasteiger partial charge in [-0.05, 0) is 18.4 Å². The molecule has 13 heavy (non-hydrogen) atoms. The molecule has 0 aromatic carbocycles. The molecule has 1 fully saturated rings. The van der Waals surface area contributed by atoms with Gasteiger partial charge in [0, 0.05) is 36.8 Å². The van der Waals surface area contributed by atoms with Gasteiger partial charge in [0.05, 0.1) is 0 Å². The summed E-state index contributed by atoms with van der Waals surface area (Å²) in [4.78, 5) is 4.26. The topological polar surface area (TPSA) is 24.4 Å². The summed E-state index contributed by atoms with van der Waals surface area (Å²) in [7, 11) is 0. The molecule has 2 heteroatoms. The summed E-state index contributed by atoms with van der Waals surface area (Å²) in [6.07, 6.45) is 12.3. The van der Waals surface area contributed by atoms with Crippen molar-refractivity contribution in [3.63, 3.8) is 0 Å². The third kappa shape index (κ3) is 1.09. The van der Waals surface area contributed by atoms with Gasteiger partial charge in [0.1, 0.15) is 0 Å². The minimum atomic E-state index is 0.579. The zero-order valence-corrected chi connectivity index (χ0v) is 7.61. The van der Waals surface area contributed by atoms with E-state index >= 15 is 0 Å². The summed E-state index contributed by atoms with van der Waals surface area (Å²) in [5.41, 5.74) is 1.54. The Labute approximate surface area is 78.4 Å². The first kappa shape index (κ1) is 7.51. The van der Waals surface area contributed by atoms with Crippen LogP contribution < -0.4 is 5.32 Å². The standard InChI is InChI=1S/C11H14N2/c1-2-4-10-8(3-1)9-7-12-6-5-11(9)13-10/h2,4,6-8,10-11,13H,1,3,5H2. The molecule has 0 bridgehead atoms. The monoisotopic (exact) mass is 174 g/mol. The average molecular weight is 174 g/mol. The van der Waals surface area contributed by atoms with E-state index in [-0.39, 0.29) is 0 Å². The lowest BCUT2D eigenvalue weighted by atomic mass is 9.85. The maximum atomic E-state index is 4.26. The van der Waals surface area contributed by atoms with E-state index in [1.165, 1.54) is 18.4 Å². The molecule has 0 saturated carbocycles. The molecule has 3 aliphatic rings. The number of hydrogen-bond acceptors (Lipinski definition) is 2. The largest absolute Gasteiger partial charge is 0.303 e. The van der Waals surface area contributed by atoms with Crippen molar-refractivity contribution in [3.05, 3.63) is 23.9 Å². The Kier molecular flexibility index (Phi) is 1.62. The Balaban J connectivity index is 1.94. The minimum Gasteiger partial charge on any atom is -0.303 e. The van der Waals surface area contributed by atoms with Crippen LogP contribution in [0.15, 0.2) is 28.9 Å². The van der Waals surface area contributed by atoms with Gasteiger partial charge < -0.3 is 5.32 Å². The molecule has 0 spiro atoms. The Bertz CT molecular complexity index is 301. The predicted octanol–water partition coefficient (Wildman–Crippen LogP) is 1.65. The molecule has 3 unspecified atom stereocenters. The first-order valence-corrected chi connectivity index (χ1v) is 5.09. The van der Waals surface area contributed by atoms with Crippen molar-refractivity contribution in [1.29, 1.82) is 0 Å². The number of aliphatic imine (C=N–C) groups is 1. The van der Waals surface area contributed by atoms with E-state index in [2.05, 4.69) is 28.7 Å². The summed E-state index contributed by atoms with van der Waals surface area (Å²) >= 11 is 0. The third-order valence-electron chi connectivity index (χ3n) is 3.32. The smallest absolute Gasteiger partial charge is 0.0356 e. The molecule has 1 saturated heterocycles. The first-order valence-electron chi connectivity index (χ1n) is 5.09. The summed E-state index contributed by atoms with van der Waals surface area (Å²) in [5.74, 6) is 0.729.